The molecule has 2 aromatic rings. The molecule has 0 radical (unpaired) electrons. The van der Waals surface area contributed by atoms with Crippen molar-refractivity contribution in [3.8, 4) is 11.5 Å². The van der Waals surface area contributed by atoms with Crippen LogP contribution >= 0.6 is 0 Å². The lowest BCUT2D eigenvalue weighted by molar-refractivity contribution is -0.118. The highest BCUT2D eigenvalue weighted by Crippen LogP contribution is 2.27. The summed E-state index contributed by atoms with van der Waals surface area (Å²) in [5.41, 5.74) is 2.93. The zero-order valence-corrected chi connectivity index (χ0v) is 12.5. The third-order valence-electron chi connectivity index (χ3n) is 2.98. The van der Waals surface area contributed by atoms with Crippen LogP contribution in [0.15, 0.2) is 42.5 Å². The second kappa shape index (κ2) is 6.79. The molecule has 0 aliphatic rings. The van der Waals surface area contributed by atoms with Crippen LogP contribution in [0.2, 0.25) is 0 Å². The molecule has 2 rings (SSSR count). The molecule has 0 saturated carbocycles. The molecule has 0 aliphatic heterocycles. The van der Waals surface area contributed by atoms with Crippen LogP contribution in [0.4, 0.5) is 5.69 Å². The van der Waals surface area contributed by atoms with Crippen LogP contribution < -0.4 is 14.8 Å². The second-order valence-corrected chi connectivity index (χ2v) is 4.86. The first kappa shape index (κ1) is 14.9. The van der Waals surface area contributed by atoms with Gasteiger partial charge in [0.05, 0.1) is 7.11 Å². The molecule has 0 aliphatic carbocycles. The van der Waals surface area contributed by atoms with E-state index in [1.54, 1.807) is 13.2 Å². The number of hydrogen-bond donors (Lipinski definition) is 1. The van der Waals surface area contributed by atoms with Gasteiger partial charge in [-0.25, -0.2) is 0 Å². The first-order chi connectivity index (χ1) is 10.1. The van der Waals surface area contributed by atoms with Crippen molar-refractivity contribution >= 4 is 11.6 Å². The molecule has 0 atom stereocenters. The Morgan fingerprint density at radius 2 is 1.81 bits per heavy atom. The standard InChI is InChI=1S/C17H19NO3/c1-12-5-4-6-14(9-12)18-17(19)11-21-15-8-7-13(2)10-16(15)20-3/h4-10H,11H2,1-3H3,(H,18,19). The van der Waals surface area contributed by atoms with Gasteiger partial charge in [0, 0.05) is 5.69 Å². The number of hydrogen-bond acceptors (Lipinski definition) is 3. The number of rotatable bonds is 5. The zero-order chi connectivity index (χ0) is 15.2. The van der Waals surface area contributed by atoms with Crippen molar-refractivity contribution in [3.05, 3.63) is 53.6 Å². The fraction of sp³-hybridized carbons (Fsp3) is 0.235. The Kier molecular flexibility index (Phi) is 4.82. The van der Waals surface area contributed by atoms with Crippen LogP contribution in [0.25, 0.3) is 0 Å². The highest BCUT2D eigenvalue weighted by Gasteiger charge is 2.08. The van der Waals surface area contributed by atoms with E-state index < -0.39 is 0 Å². The summed E-state index contributed by atoms with van der Waals surface area (Å²) in [5, 5.41) is 2.80. The summed E-state index contributed by atoms with van der Waals surface area (Å²) in [7, 11) is 1.58. The molecule has 1 N–H and O–H groups in total. The van der Waals surface area contributed by atoms with Gasteiger partial charge in [0.15, 0.2) is 18.1 Å². The largest absolute Gasteiger partial charge is 0.493 e. The van der Waals surface area contributed by atoms with Crippen molar-refractivity contribution < 1.29 is 14.3 Å². The normalized spacial score (nSPS) is 10.0. The van der Waals surface area contributed by atoms with Gasteiger partial charge in [-0.05, 0) is 49.2 Å². The third kappa shape index (κ3) is 4.24. The van der Waals surface area contributed by atoms with Crippen LogP contribution in [0, 0.1) is 13.8 Å². The van der Waals surface area contributed by atoms with Crippen molar-refractivity contribution in [1.82, 2.24) is 0 Å². The summed E-state index contributed by atoms with van der Waals surface area (Å²) in [6, 6.07) is 13.2. The van der Waals surface area contributed by atoms with E-state index in [1.165, 1.54) is 0 Å². The van der Waals surface area contributed by atoms with Crippen molar-refractivity contribution in [3.63, 3.8) is 0 Å². The minimum atomic E-state index is -0.205. The number of benzene rings is 2. The number of methoxy groups -OCH3 is 1. The number of carbonyl (C=O) groups is 1. The van der Waals surface area contributed by atoms with Crippen molar-refractivity contribution in [2.75, 3.05) is 19.0 Å². The summed E-state index contributed by atoms with van der Waals surface area (Å²) in [5.74, 6) is 0.976. The van der Waals surface area contributed by atoms with E-state index >= 15 is 0 Å². The van der Waals surface area contributed by atoms with Gasteiger partial charge in [-0.3, -0.25) is 4.79 Å². The fourth-order valence-corrected chi connectivity index (χ4v) is 1.96. The molecule has 0 unspecified atom stereocenters. The summed E-state index contributed by atoms with van der Waals surface area (Å²) in [6.07, 6.45) is 0. The molecule has 0 heterocycles. The first-order valence-corrected chi connectivity index (χ1v) is 6.72. The van der Waals surface area contributed by atoms with Crippen LogP contribution in [0.3, 0.4) is 0 Å². The van der Waals surface area contributed by atoms with E-state index in [9.17, 15) is 4.79 Å². The highest BCUT2D eigenvalue weighted by atomic mass is 16.5. The summed E-state index contributed by atoms with van der Waals surface area (Å²) < 4.78 is 10.7. The molecular weight excluding hydrogens is 266 g/mol. The van der Waals surface area contributed by atoms with Gasteiger partial charge in [0.25, 0.3) is 5.91 Å². The van der Waals surface area contributed by atoms with E-state index in [2.05, 4.69) is 5.32 Å². The predicted octanol–water partition coefficient (Wildman–Crippen LogP) is 3.33. The monoisotopic (exact) mass is 285 g/mol. The molecule has 0 saturated heterocycles. The predicted molar refractivity (Wildman–Crippen MR) is 83.0 cm³/mol. The molecule has 0 aromatic heterocycles. The van der Waals surface area contributed by atoms with Gasteiger partial charge in [-0.1, -0.05) is 18.2 Å². The number of nitrogens with one attached hydrogen (secondary N) is 1. The average Bonchev–Trinajstić information content (AvgIpc) is 2.45. The average molecular weight is 285 g/mol. The summed E-state index contributed by atoms with van der Waals surface area (Å²) in [6.45, 7) is 3.88. The molecular formula is C17H19NO3. The van der Waals surface area contributed by atoms with Crippen LogP contribution in [0.5, 0.6) is 11.5 Å². The van der Waals surface area contributed by atoms with Crippen molar-refractivity contribution in [1.29, 1.82) is 0 Å². The van der Waals surface area contributed by atoms with E-state index in [4.69, 9.17) is 9.47 Å². The molecule has 0 spiro atoms. The van der Waals surface area contributed by atoms with E-state index in [0.29, 0.717) is 11.5 Å². The number of aryl methyl sites for hydroxylation is 2. The van der Waals surface area contributed by atoms with E-state index in [0.717, 1.165) is 16.8 Å². The lowest BCUT2D eigenvalue weighted by Gasteiger charge is -2.11. The molecule has 4 heteroatoms. The van der Waals surface area contributed by atoms with Crippen molar-refractivity contribution in [2.24, 2.45) is 0 Å². The Balaban J connectivity index is 1.95. The lowest BCUT2D eigenvalue weighted by Crippen LogP contribution is -2.20. The smallest absolute Gasteiger partial charge is 0.262 e. The molecule has 0 bridgehead atoms. The van der Waals surface area contributed by atoms with Gasteiger partial charge >= 0.3 is 0 Å². The first-order valence-electron chi connectivity index (χ1n) is 6.72. The Bertz CT molecular complexity index is 638. The summed E-state index contributed by atoms with van der Waals surface area (Å²) in [4.78, 5) is 11.9. The van der Waals surface area contributed by atoms with E-state index in [1.807, 2.05) is 50.2 Å². The minimum absolute atomic E-state index is 0.0621. The highest BCUT2D eigenvalue weighted by molar-refractivity contribution is 5.91. The van der Waals surface area contributed by atoms with Gasteiger partial charge in [-0.2, -0.15) is 0 Å². The van der Waals surface area contributed by atoms with Crippen LogP contribution in [0.1, 0.15) is 11.1 Å². The quantitative estimate of drug-likeness (QED) is 0.916. The Morgan fingerprint density at radius 3 is 2.52 bits per heavy atom. The Labute approximate surface area is 124 Å². The topological polar surface area (TPSA) is 47.6 Å². The number of amides is 1. The van der Waals surface area contributed by atoms with Gasteiger partial charge < -0.3 is 14.8 Å². The Morgan fingerprint density at radius 1 is 1.05 bits per heavy atom. The zero-order valence-electron chi connectivity index (χ0n) is 12.5. The second-order valence-electron chi connectivity index (χ2n) is 4.86. The summed E-state index contributed by atoms with van der Waals surface area (Å²) >= 11 is 0. The number of carbonyl (C=O) groups excluding carboxylic acids is 1. The fourth-order valence-electron chi connectivity index (χ4n) is 1.96. The third-order valence-corrected chi connectivity index (χ3v) is 2.98. The maximum absolute atomic E-state index is 11.9. The van der Waals surface area contributed by atoms with Crippen LogP contribution in [-0.4, -0.2) is 19.6 Å². The molecule has 2 aromatic carbocycles. The number of ether oxygens (including phenoxy) is 2. The lowest BCUT2D eigenvalue weighted by atomic mass is 10.2. The SMILES string of the molecule is COc1cc(C)ccc1OCC(=O)Nc1cccc(C)c1. The molecule has 21 heavy (non-hydrogen) atoms. The van der Waals surface area contributed by atoms with Gasteiger partial charge in [0.1, 0.15) is 0 Å². The Hall–Kier alpha value is -2.49. The van der Waals surface area contributed by atoms with Gasteiger partial charge in [-0.15, -0.1) is 0 Å². The maximum Gasteiger partial charge on any atom is 0.262 e. The molecule has 4 nitrogen and oxygen atoms in total. The number of anilines is 1. The molecule has 1 amide bonds. The minimum Gasteiger partial charge on any atom is -0.493 e. The van der Waals surface area contributed by atoms with Crippen LogP contribution in [-0.2, 0) is 4.79 Å². The van der Waals surface area contributed by atoms with Crippen molar-refractivity contribution in [2.45, 2.75) is 13.8 Å². The molecule has 110 valence electrons. The van der Waals surface area contributed by atoms with Gasteiger partial charge in [0.2, 0.25) is 0 Å². The maximum atomic E-state index is 11.9. The van der Waals surface area contributed by atoms with E-state index in [-0.39, 0.29) is 12.5 Å². The molecule has 0 fully saturated rings.